The first-order valence-electron chi connectivity index (χ1n) is 7.33. The van der Waals surface area contributed by atoms with E-state index >= 15 is 0 Å². The fourth-order valence-electron chi connectivity index (χ4n) is 2.81. The normalized spacial score (nSPS) is 18.6. The van der Waals surface area contributed by atoms with E-state index in [0.29, 0.717) is 11.5 Å². The van der Waals surface area contributed by atoms with Gasteiger partial charge in [-0.1, -0.05) is 25.4 Å². The molecule has 1 aromatic heterocycles. The van der Waals surface area contributed by atoms with Crippen molar-refractivity contribution in [3.63, 3.8) is 0 Å². The Kier molecular flexibility index (Phi) is 3.85. The fraction of sp³-hybridized carbons (Fsp3) is 0.533. The Morgan fingerprint density at radius 2 is 2.05 bits per heavy atom. The van der Waals surface area contributed by atoms with Crippen molar-refractivity contribution in [1.82, 2.24) is 20.2 Å². The SMILES string of the molecule is CC1(C)CCC(Nc2cc(-n3cnnn3)ccc2Cl)CC1. The van der Waals surface area contributed by atoms with Crippen LogP contribution in [0.1, 0.15) is 39.5 Å². The third kappa shape index (κ3) is 3.35. The van der Waals surface area contributed by atoms with E-state index in [0.717, 1.165) is 16.4 Å². The highest BCUT2D eigenvalue weighted by atomic mass is 35.5. The molecule has 112 valence electrons. The lowest BCUT2D eigenvalue weighted by Gasteiger charge is -2.35. The van der Waals surface area contributed by atoms with Crippen molar-refractivity contribution in [2.24, 2.45) is 5.41 Å². The number of benzene rings is 1. The quantitative estimate of drug-likeness (QED) is 0.939. The van der Waals surface area contributed by atoms with Crippen molar-refractivity contribution in [3.05, 3.63) is 29.5 Å². The zero-order valence-corrected chi connectivity index (χ0v) is 13.1. The molecule has 0 atom stereocenters. The standard InChI is InChI=1S/C15H20ClN5/c1-15(2)7-5-11(6-8-15)18-14-9-12(3-4-13(14)16)21-10-17-19-20-21/h3-4,9-11,18H,5-8H2,1-2H3. The van der Waals surface area contributed by atoms with E-state index < -0.39 is 0 Å². The molecule has 0 radical (unpaired) electrons. The van der Waals surface area contributed by atoms with Crippen LogP contribution in [0, 0.1) is 5.41 Å². The Morgan fingerprint density at radius 3 is 2.71 bits per heavy atom. The summed E-state index contributed by atoms with van der Waals surface area (Å²) in [5.41, 5.74) is 2.33. The van der Waals surface area contributed by atoms with Crippen LogP contribution in [0.15, 0.2) is 24.5 Å². The van der Waals surface area contributed by atoms with Crippen molar-refractivity contribution in [3.8, 4) is 5.69 Å². The molecule has 1 N–H and O–H groups in total. The molecule has 1 saturated carbocycles. The van der Waals surface area contributed by atoms with Gasteiger partial charge in [0.05, 0.1) is 16.4 Å². The zero-order chi connectivity index (χ0) is 14.9. The number of hydrogen-bond donors (Lipinski definition) is 1. The molecule has 0 bridgehead atoms. The molecule has 5 nitrogen and oxygen atoms in total. The van der Waals surface area contributed by atoms with E-state index in [1.807, 2.05) is 18.2 Å². The maximum absolute atomic E-state index is 6.31. The van der Waals surface area contributed by atoms with E-state index in [2.05, 4.69) is 34.7 Å². The van der Waals surface area contributed by atoms with Crippen LogP contribution in [0.25, 0.3) is 5.69 Å². The zero-order valence-electron chi connectivity index (χ0n) is 12.4. The van der Waals surface area contributed by atoms with Gasteiger partial charge in [0.15, 0.2) is 0 Å². The highest BCUT2D eigenvalue weighted by Gasteiger charge is 2.26. The van der Waals surface area contributed by atoms with Gasteiger partial charge in [-0.15, -0.1) is 5.10 Å². The summed E-state index contributed by atoms with van der Waals surface area (Å²) in [6.45, 7) is 4.68. The number of halogens is 1. The first-order valence-corrected chi connectivity index (χ1v) is 7.71. The summed E-state index contributed by atoms with van der Waals surface area (Å²) in [6.07, 6.45) is 6.43. The molecule has 6 heteroatoms. The number of tetrazole rings is 1. The van der Waals surface area contributed by atoms with Crippen LogP contribution in [-0.4, -0.2) is 26.2 Å². The summed E-state index contributed by atoms with van der Waals surface area (Å²) in [5, 5.41) is 15.5. The van der Waals surface area contributed by atoms with Crippen molar-refractivity contribution in [2.45, 2.75) is 45.6 Å². The molecule has 3 rings (SSSR count). The van der Waals surface area contributed by atoms with E-state index in [9.17, 15) is 0 Å². The average Bonchev–Trinajstić information content (AvgIpc) is 2.97. The van der Waals surface area contributed by atoms with E-state index in [1.54, 1.807) is 11.0 Å². The minimum Gasteiger partial charge on any atom is -0.381 e. The first kappa shape index (κ1) is 14.3. The van der Waals surface area contributed by atoms with Gasteiger partial charge in [-0.3, -0.25) is 0 Å². The molecule has 2 aromatic rings. The Morgan fingerprint density at radius 1 is 1.29 bits per heavy atom. The lowest BCUT2D eigenvalue weighted by atomic mass is 9.75. The summed E-state index contributed by atoms with van der Waals surface area (Å²) in [7, 11) is 0. The molecule has 1 heterocycles. The maximum Gasteiger partial charge on any atom is 0.143 e. The molecule has 0 spiro atoms. The van der Waals surface area contributed by atoms with Gasteiger partial charge in [-0.05, 0) is 59.7 Å². The second-order valence-corrected chi connectivity index (χ2v) is 6.91. The van der Waals surface area contributed by atoms with Crippen LogP contribution >= 0.6 is 11.6 Å². The predicted octanol–water partition coefficient (Wildman–Crippen LogP) is 3.70. The number of aromatic nitrogens is 4. The van der Waals surface area contributed by atoms with Crippen molar-refractivity contribution in [2.75, 3.05) is 5.32 Å². The van der Waals surface area contributed by atoms with Gasteiger partial charge in [0.25, 0.3) is 0 Å². The maximum atomic E-state index is 6.31. The number of rotatable bonds is 3. The van der Waals surface area contributed by atoms with Crippen molar-refractivity contribution < 1.29 is 0 Å². The average molecular weight is 306 g/mol. The predicted molar refractivity (Wildman–Crippen MR) is 83.8 cm³/mol. The Balaban J connectivity index is 1.75. The fourth-order valence-corrected chi connectivity index (χ4v) is 2.98. The van der Waals surface area contributed by atoms with Gasteiger partial charge in [0, 0.05) is 6.04 Å². The van der Waals surface area contributed by atoms with Crippen LogP contribution < -0.4 is 5.32 Å². The Hall–Kier alpha value is -1.62. The lowest BCUT2D eigenvalue weighted by Crippen LogP contribution is -2.29. The first-order chi connectivity index (χ1) is 10.0. The van der Waals surface area contributed by atoms with Crippen LogP contribution in [-0.2, 0) is 0 Å². The number of nitrogens with one attached hydrogen (secondary N) is 1. The van der Waals surface area contributed by atoms with Gasteiger partial charge < -0.3 is 5.32 Å². The molecule has 1 fully saturated rings. The Bertz CT molecular complexity index is 599. The second-order valence-electron chi connectivity index (χ2n) is 6.50. The van der Waals surface area contributed by atoms with Crippen LogP contribution in [0.3, 0.4) is 0 Å². The van der Waals surface area contributed by atoms with Gasteiger partial charge in [0.1, 0.15) is 6.33 Å². The number of hydrogen-bond acceptors (Lipinski definition) is 4. The van der Waals surface area contributed by atoms with Gasteiger partial charge in [-0.25, -0.2) is 4.68 Å². The van der Waals surface area contributed by atoms with Gasteiger partial charge >= 0.3 is 0 Å². The summed E-state index contributed by atoms with van der Waals surface area (Å²) >= 11 is 6.31. The smallest absolute Gasteiger partial charge is 0.143 e. The van der Waals surface area contributed by atoms with Gasteiger partial charge in [-0.2, -0.15) is 0 Å². The van der Waals surface area contributed by atoms with Crippen LogP contribution in [0.2, 0.25) is 5.02 Å². The lowest BCUT2D eigenvalue weighted by molar-refractivity contribution is 0.232. The largest absolute Gasteiger partial charge is 0.381 e. The number of anilines is 1. The monoisotopic (exact) mass is 305 g/mol. The molecule has 1 aliphatic carbocycles. The molecule has 0 saturated heterocycles. The van der Waals surface area contributed by atoms with Crippen molar-refractivity contribution >= 4 is 17.3 Å². The van der Waals surface area contributed by atoms with Crippen LogP contribution in [0.5, 0.6) is 0 Å². The minimum absolute atomic E-state index is 0.468. The minimum atomic E-state index is 0.468. The highest BCUT2D eigenvalue weighted by Crippen LogP contribution is 2.37. The number of nitrogens with zero attached hydrogens (tertiary/aromatic N) is 4. The third-order valence-electron chi connectivity index (χ3n) is 4.26. The van der Waals surface area contributed by atoms with Crippen molar-refractivity contribution in [1.29, 1.82) is 0 Å². The third-order valence-corrected chi connectivity index (χ3v) is 4.59. The molecular formula is C15H20ClN5. The van der Waals surface area contributed by atoms with Crippen LogP contribution in [0.4, 0.5) is 5.69 Å². The highest BCUT2D eigenvalue weighted by molar-refractivity contribution is 6.33. The van der Waals surface area contributed by atoms with Gasteiger partial charge in [0.2, 0.25) is 0 Å². The second kappa shape index (κ2) is 5.64. The molecule has 1 aromatic carbocycles. The molecule has 21 heavy (non-hydrogen) atoms. The van der Waals surface area contributed by atoms with E-state index in [1.165, 1.54) is 25.7 Å². The molecule has 0 amide bonds. The summed E-state index contributed by atoms with van der Waals surface area (Å²) in [6, 6.07) is 6.28. The van der Waals surface area contributed by atoms with E-state index in [4.69, 9.17) is 11.6 Å². The summed E-state index contributed by atoms with van der Waals surface area (Å²) < 4.78 is 1.63. The molecule has 0 unspecified atom stereocenters. The molecular weight excluding hydrogens is 286 g/mol. The van der Waals surface area contributed by atoms with E-state index in [-0.39, 0.29) is 0 Å². The Labute approximate surface area is 129 Å². The molecule has 1 aliphatic rings. The molecule has 0 aliphatic heterocycles. The topological polar surface area (TPSA) is 55.6 Å². The summed E-state index contributed by atoms with van der Waals surface area (Å²) in [5.74, 6) is 0. The summed E-state index contributed by atoms with van der Waals surface area (Å²) in [4.78, 5) is 0.